The molecule has 2 heterocycles. The first kappa shape index (κ1) is 10.3. The Labute approximate surface area is 96.7 Å². The normalized spacial score (nSPS) is 11.7. The van der Waals surface area contributed by atoms with Gasteiger partial charge in [0.15, 0.2) is 5.78 Å². The lowest BCUT2D eigenvalue weighted by atomic mass is 10.2. The molecule has 0 atom stereocenters. The molecular formula is C12H10OS2. The number of allylic oxidation sites excluding steroid dienone is 2. The van der Waals surface area contributed by atoms with E-state index in [4.69, 9.17) is 0 Å². The third-order valence-corrected chi connectivity index (χ3v) is 3.91. The van der Waals surface area contributed by atoms with Gasteiger partial charge in [-0.15, -0.1) is 22.7 Å². The largest absolute Gasteiger partial charge is 0.288 e. The molecule has 0 radical (unpaired) electrons. The van der Waals surface area contributed by atoms with Gasteiger partial charge in [-0.2, -0.15) is 0 Å². The summed E-state index contributed by atoms with van der Waals surface area (Å²) >= 11 is 3.13. The molecule has 0 fully saturated rings. The summed E-state index contributed by atoms with van der Waals surface area (Å²) in [6, 6.07) is 7.77. The van der Waals surface area contributed by atoms with Gasteiger partial charge in [0.05, 0.1) is 4.88 Å². The zero-order valence-electron chi connectivity index (χ0n) is 8.27. The van der Waals surface area contributed by atoms with Crippen molar-refractivity contribution in [1.29, 1.82) is 0 Å². The topological polar surface area (TPSA) is 17.1 Å². The number of rotatable bonds is 3. The molecule has 0 saturated carbocycles. The maximum absolute atomic E-state index is 11.8. The maximum atomic E-state index is 11.8. The van der Waals surface area contributed by atoms with Gasteiger partial charge < -0.3 is 0 Å². The van der Waals surface area contributed by atoms with Gasteiger partial charge in [-0.1, -0.05) is 12.1 Å². The van der Waals surface area contributed by atoms with E-state index in [1.54, 1.807) is 17.4 Å². The Bertz CT molecular complexity index is 464. The van der Waals surface area contributed by atoms with Crippen molar-refractivity contribution >= 4 is 34.0 Å². The molecule has 1 nitrogen and oxygen atoms in total. The van der Waals surface area contributed by atoms with E-state index in [2.05, 4.69) is 0 Å². The quantitative estimate of drug-likeness (QED) is 0.577. The third-order valence-electron chi connectivity index (χ3n) is 2.02. The second-order valence-corrected chi connectivity index (χ2v) is 5.04. The van der Waals surface area contributed by atoms with Gasteiger partial charge >= 0.3 is 0 Å². The van der Waals surface area contributed by atoms with Crippen LogP contribution in [0.15, 0.2) is 41.1 Å². The second-order valence-electron chi connectivity index (χ2n) is 3.15. The molecule has 3 heteroatoms. The minimum atomic E-state index is 0.0934. The van der Waals surface area contributed by atoms with Crippen LogP contribution >= 0.6 is 22.7 Å². The second kappa shape index (κ2) is 4.55. The highest BCUT2D eigenvalue weighted by Crippen LogP contribution is 2.20. The van der Waals surface area contributed by atoms with E-state index < -0.39 is 0 Å². The molecule has 0 aliphatic rings. The maximum Gasteiger partial charge on any atom is 0.196 e. The summed E-state index contributed by atoms with van der Waals surface area (Å²) in [6.07, 6.45) is 1.71. The van der Waals surface area contributed by atoms with Crippen LogP contribution in [-0.2, 0) is 0 Å². The highest BCUT2D eigenvalue weighted by molar-refractivity contribution is 7.12. The van der Waals surface area contributed by atoms with Crippen LogP contribution in [0, 0.1) is 0 Å². The van der Waals surface area contributed by atoms with Crippen LogP contribution in [0.3, 0.4) is 0 Å². The van der Waals surface area contributed by atoms with E-state index in [0.29, 0.717) is 0 Å². The van der Waals surface area contributed by atoms with Crippen molar-refractivity contribution in [3.8, 4) is 0 Å². The van der Waals surface area contributed by atoms with Gasteiger partial charge in [0, 0.05) is 4.88 Å². The number of hydrogen-bond donors (Lipinski definition) is 0. The Kier molecular flexibility index (Phi) is 3.14. The van der Waals surface area contributed by atoms with E-state index in [0.717, 1.165) is 15.3 Å². The molecule has 0 spiro atoms. The molecule has 0 aliphatic carbocycles. The molecule has 15 heavy (non-hydrogen) atoms. The molecule has 76 valence electrons. The molecule has 0 unspecified atom stereocenters. The van der Waals surface area contributed by atoms with Crippen LogP contribution in [0.4, 0.5) is 0 Å². The third kappa shape index (κ3) is 2.43. The van der Waals surface area contributed by atoms with E-state index in [9.17, 15) is 4.79 Å². The van der Waals surface area contributed by atoms with Crippen LogP contribution in [0.25, 0.3) is 5.57 Å². The lowest BCUT2D eigenvalue weighted by Gasteiger charge is -1.95. The van der Waals surface area contributed by atoms with Crippen molar-refractivity contribution in [2.24, 2.45) is 0 Å². The van der Waals surface area contributed by atoms with Crippen molar-refractivity contribution in [3.05, 3.63) is 50.9 Å². The smallest absolute Gasteiger partial charge is 0.196 e. The van der Waals surface area contributed by atoms with Crippen molar-refractivity contribution in [2.75, 3.05) is 0 Å². The fourth-order valence-corrected chi connectivity index (χ4v) is 2.60. The first-order valence-corrected chi connectivity index (χ1v) is 6.33. The molecular weight excluding hydrogens is 224 g/mol. The summed E-state index contributed by atoms with van der Waals surface area (Å²) < 4.78 is 0. The Hall–Kier alpha value is -1.19. The summed E-state index contributed by atoms with van der Waals surface area (Å²) in [5.74, 6) is 0.0934. The fourth-order valence-electron chi connectivity index (χ4n) is 1.26. The fraction of sp³-hybridized carbons (Fsp3) is 0.0833. The van der Waals surface area contributed by atoms with Crippen LogP contribution in [-0.4, -0.2) is 5.78 Å². The van der Waals surface area contributed by atoms with Crippen molar-refractivity contribution in [2.45, 2.75) is 6.92 Å². The average Bonchev–Trinajstić information content (AvgIpc) is 2.91. The van der Waals surface area contributed by atoms with Crippen LogP contribution in [0.2, 0.25) is 0 Å². The van der Waals surface area contributed by atoms with E-state index >= 15 is 0 Å². The lowest BCUT2D eigenvalue weighted by molar-refractivity contribution is 0.105. The Morgan fingerprint density at radius 2 is 1.73 bits per heavy atom. The summed E-state index contributed by atoms with van der Waals surface area (Å²) in [7, 11) is 0. The standard InChI is InChI=1S/C12H10OS2/c1-9(11-4-2-6-14-11)8-10(13)12-5-3-7-15-12/h2-8H,1H3. The van der Waals surface area contributed by atoms with Gasteiger partial charge in [-0.05, 0) is 41.5 Å². The van der Waals surface area contributed by atoms with Crippen molar-refractivity contribution in [1.82, 2.24) is 0 Å². The number of carbonyl (C=O) groups excluding carboxylic acids is 1. The first-order chi connectivity index (χ1) is 7.27. The van der Waals surface area contributed by atoms with E-state index in [-0.39, 0.29) is 5.78 Å². The van der Waals surface area contributed by atoms with Gasteiger partial charge in [-0.25, -0.2) is 0 Å². The zero-order chi connectivity index (χ0) is 10.7. The zero-order valence-corrected chi connectivity index (χ0v) is 9.90. The van der Waals surface area contributed by atoms with Crippen molar-refractivity contribution in [3.63, 3.8) is 0 Å². The van der Waals surface area contributed by atoms with Gasteiger partial charge in [0.2, 0.25) is 0 Å². The number of hydrogen-bond acceptors (Lipinski definition) is 3. The predicted octanol–water partition coefficient (Wildman–Crippen LogP) is 4.10. The number of thiophene rings is 2. The molecule has 2 aromatic heterocycles. The number of carbonyl (C=O) groups is 1. The minimum Gasteiger partial charge on any atom is -0.288 e. The molecule has 2 rings (SSSR count). The average molecular weight is 234 g/mol. The van der Waals surface area contributed by atoms with Crippen LogP contribution < -0.4 is 0 Å². The van der Waals surface area contributed by atoms with Crippen molar-refractivity contribution < 1.29 is 4.79 Å². The first-order valence-electron chi connectivity index (χ1n) is 4.57. The van der Waals surface area contributed by atoms with Gasteiger partial charge in [0.25, 0.3) is 0 Å². The van der Waals surface area contributed by atoms with Gasteiger partial charge in [-0.3, -0.25) is 4.79 Å². The molecule has 0 aliphatic heterocycles. The van der Waals surface area contributed by atoms with E-state index in [1.165, 1.54) is 11.3 Å². The molecule has 0 N–H and O–H groups in total. The summed E-state index contributed by atoms with van der Waals surface area (Å²) in [5.41, 5.74) is 1.03. The molecule has 0 bridgehead atoms. The molecule has 0 aromatic carbocycles. The minimum absolute atomic E-state index is 0.0934. The monoisotopic (exact) mass is 234 g/mol. The Balaban J connectivity index is 2.21. The highest BCUT2D eigenvalue weighted by atomic mass is 32.1. The summed E-state index contributed by atoms with van der Waals surface area (Å²) in [6.45, 7) is 1.97. The Morgan fingerprint density at radius 1 is 1.13 bits per heavy atom. The van der Waals surface area contributed by atoms with E-state index in [1.807, 2.05) is 41.9 Å². The van der Waals surface area contributed by atoms with Gasteiger partial charge in [0.1, 0.15) is 0 Å². The SMILES string of the molecule is CC(=CC(=O)c1cccs1)c1cccs1. The van der Waals surface area contributed by atoms with Crippen LogP contribution in [0.5, 0.6) is 0 Å². The molecule has 2 aromatic rings. The Morgan fingerprint density at radius 3 is 2.27 bits per heavy atom. The lowest BCUT2D eigenvalue weighted by Crippen LogP contribution is -1.90. The summed E-state index contributed by atoms with van der Waals surface area (Å²) in [4.78, 5) is 13.7. The molecule has 0 amide bonds. The molecule has 0 saturated heterocycles. The van der Waals surface area contributed by atoms with Crippen LogP contribution in [0.1, 0.15) is 21.5 Å². The highest BCUT2D eigenvalue weighted by Gasteiger charge is 2.04. The predicted molar refractivity (Wildman–Crippen MR) is 66.6 cm³/mol. The summed E-state index contributed by atoms with van der Waals surface area (Å²) in [5, 5.41) is 3.93. The number of ketones is 1.